The van der Waals surface area contributed by atoms with Gasteiger partial charge in [-0.2, -0.15) is 5.26 Å². The minimum Gasteiger partial charge on any atom is -0.464 e. The highest BCUT2D eigenvalue weighted by atomic mass is 35.5. The number of anilines is 1. The molecule has 5 nitrogen and oxygen atoms in total. The van der Waals surface area contributed by atoms with E-state index in [9.17, 15) is 4.79 Å². The monoisotopic (exact) mass is 289 g/mol. The third-order valence-corrected chi connectivity index (χ3v) is 3.21. The molecular weight excluding hydrogens is 278 g/mol. The van der Waals surface area contributed by atoms with Gasteiger partial charge >= 0.3 is 5.97 Å². The molecule has 1 aromatic carbocycles. The van der Waals surface area contributed by atoms with Crippen molar-refractivity contribution in [1.29, 1.82) is 5.26 Å². The first-order valence-corrected chi connectivity index (χ1v) is 6.13. The lowest BCUT2D eigenvalue weighted by atomic mass is 10.2. The molecule has 102 valence electrons. The summed E-state index contributed by atoms with van der Waals surface area (Å²) in [7, 11) is 1.26. The quantitative estimate of drug-likeness (QED) is 0.862. The number of nitriles is 1. The topological polar surface area (TPSA) is 81.0 Å². The number of benzene rings is 1. The van der Waals surface area contributed by atoms with Crippen LogP contribution >= 0.6 is 11.6 Å². The van der Waals surface area contributed by atoms with Crippen LogP contribution in [0.15, 0.2) is 24.4 Å². The Balaban J connectivity index is 2.77. The van der Waals surface area contributed by atoms with Crippen molar-refractivity contribution < 1.29 is 9.53 Å². The van der Waals surface area contributed by atoms with E-state index in [0.717, 1.165) is 5.56 Å². The summed E-state index contributed by atoms with van der Waals surface area (Å²) in [5.41, 5.74) is 7.83. The van der Waals surface area contributed by atoms with Crippen molar-refractivity contribution in [3.63, 3.8) is 0 Å². The maximum Gasteiger partial charge on any atom is 0.357 e. The first-order valence-electron chi connectivity index (χ1n) is 5.75. The number of halogens is 1. The highest BCUT2D eigenvalue weighted by molar-refractivity contribution is 6.30. The molecule has 1 aromatic heterocycles. The zero-order valence-corrected chi connectivity index (χ0v) is 11.7. The first-order chi connectivity index (χ1) is 9.49. The summed E-state index contributed by atoms with van der Waals surface area (Å²) in [6, 6.07) is 7.22. The molecule has 6 heteroatoms. The van der Waals surface area contributed by atoms with Gasteiger partial charge in [-0.3, -0.25) is 0 Å². The van der Waals surface area contributed by atoms with Gasteiger partial charge in [0.2, 0.25) is 0 Å². The number of methoxy groups -OCH3 is 1. The molecule has 2 N–H and O–H groups in total. The summed E-state index contributed by atoms with van der Waals surface area (Å²) >= 11 is 5.99. The number of esters is 1. The van der Waals surface area contributed by atoms with E-state index >= 15 is 0 Å². The second kappa shape index (κ2) is 5.27. The van der Waals surface area contributed by atoms with Crippen LogP contribution in [0.3, 0.4) is 0 Å². The Morgan fingerprint density at radius 2 is 2.20 bits per heavy atom. The Morgan fingerprint density at radius 3 is 2.80 bits per heavy atom. The fraction of sp³-hybridized carbons (Fsp3) is 0.143. The molecular formula is C14H12ClN3O2. The van der Waals surface area contributed by atoms with Gasteiger partial charge in [0.1, 0.15) is 6.07 Å². The molecule has 2 rings (SSSR count). The molecule has 0 atom stereocenters. The van der Waals surface area contributed by atoms with Crippen molar-refractivity contribution in [3.05, 3.63) is 46.2 Å². The number of rotatable bonds is 2. The van der Waals surface area contributed by atoms with Crippen LogP contribution in [0.2, 0.25) is 5.02 Å². The SMILES string of the molecule is COC(=O)c1c(N)c(C#N)cn1-c1cc(Cl)ccc1C. The number of aryl methyl sites for hydroxylation is 1. The third kappa shape index (κ3) is 2.22. The van der Waals surface area contributed by atoms with E-state index in [0.29, 0.717) is 10.7 Å². The van der Waals surface area contributed by atoms with E-state index in [4.69, 9.17) is 27.3 Å². The van der Waals surface area contributed by atoms with Gasteiger partial charge in [0.05, 0.1) is 24.0 Å². The highest BCUT2D eigenvalue weighted by Crippen LogP contribution is 2.27. The van der Waals surface area contributed by atoms with Gasteiger partial charge in [0.15, 0.2) is 5.69 Å². The number of hydrogen-bond donors (Lipinski definition) is 1. The van der Waals surface area contributed by atoms with Crippen molar-refractivity contribution in [2.45, 2.75) is 6.92 Å². The predicted molar refractivity (Wildman–Crippen MR) is 76.0 cm³/mol. The van der Waals surface area contributed by atoms with Crippen LogP contribution in [0.25, 0.3) is 5.69 Å². The lowest BCUT2D eigenvalue weighted by Gasteiger charge is -2.11. The van der Waals surface area contributed by atoms with E-state index < -0.39 is 5.97 Å². The molecule has 0 aliphatic carbocycles. The predicted octanol–water partition coefficient (Wildman–Crippen LogP) is 2.68. The summed E-state index contributed by atoms with van der Waals surface area (Å²) in [6.45, 7) is 1.87. The van der Waals surface area contributed by atoms with Crippen molar-refractivity contribution in [2.24, 2.45) is 0 Å². The van der Waals surface area contributed by atoms with Gasteiger partial charge in [-0.05, 0) is 24.6 Å². The molecule has 0 saturated carbocycles. The van der Waals surface area contributed by atoms with Crippen molar-refractivity contribution in [1.82, 2.24) is 4.57 Å². The summed E-state index contributed by atoms with van der Waals surface area (Å²) in [5.74, 6) is -0.608. The number of nitrogen functional groups attached to an aromatic ring is 1. The first kappa shape index (κ1) is 14.0. The summed E-state index contributed by atoms with van der Waals surface area (Å²) in [5, 5.41) is 9.58. The minimum atomic E-state index is -0.608. The fourth-order valence-corrected chi connectivity index (χ4v) is 2.11. The number of ether oxygens (including phenoxy) is 1. The largest absolute Gasteiger partial charge is 0.464 e. The van der Waals surface area contributed by atoms with Crippen LogP contribution in [0.4, 0.5) is 5.69 Å². The molecule has 0 fully saturated rings. The number of carbonyl (C=O) groups excluding carboxylic acids is 1. The Labute approximate surface area is 121 Å². The normalized spacial score (nSPS) is 10.1. The maximum atomic E-state index is 11.9. The fourth-order valence-electron chi connectivity index (χ4n) is 1.95. The lowest BCUT2D eigenvalue weighted by Crippen LogP contribution is -2.11. The summed E-state index contributed by atoms with van der Waals surface area (Å²) in [6.07, 6.45) is 1.50. The molecule has 0 spiro atoms. The number of carbonyl (C=O) groups is 1. The van der Waals surface area contributed by atoms with Crippen LogP contribution in [0, 0.1) is 18.3 Å². The average molecular weight is 290 g/mol. The molecule has 0 amide bonds. The molecule has 0 aliphatic rings. The Morgan fingerprint density at radius 1 is 1.50 bits per heavy atom. The van der Waals surface area contributed by atoms with Gasteiger partial charge in [0, 0.05) is 11.2 Å². The molecule has 0 unspecified atom stereocenters. The van der Waals surface area contributed by atoms with E-state index in [-0.39, 0.29) is 16.9 Å². The zero-order chi connectivity index (χ0) is 14.9. The Kier molecular flexibility index (Phi) is 3.68. The molecule has 1 heterocycles. The van der Waals surface area contributed by atoms with Crippen molar-refractivity contribution >= 4 is 23.3 Å². The molecule has 20 heavy (non-hydrogen) atoms. The van der Waals surface area contributed by atoms with Gasteiger partial charge in [-0.15, -0.1) is 0 Å². The van der Waals surface area contributed by atoms with E-state index in [2.05, 4.69) is 0 Å². The Bertz CT molecular complexity index is 729. The van der Waals surface area contributed by atoms with Gasteiger partial charge in [-0.25, -0.2) is 4.79 Å². The van der Waals surface area contributed by atoms with Crippen LogP contribution in [0.1, 0.15) is 21.6 Å². The van der Waals surface area contributed by atoms with Gasteiger partial charge in [0.25, 0.3) is 0 Å². The standard InChI is InChI=1S/C14H12ClN3O2/c1-8-3-4-10(15)5-11(8)18-7-9(6-16)12(17)13(18)14(19)20-2/h3-5,7H,17H2,1-2H3. The molecule has 0 radical (unpaired) electrons. The van der Waals surface area contributed by atoms with E-state index in [1.54, 1.807) is 12.1 Å². The van der Waals surface area contributed by atoms with E-state index in [1.165, 1.54) is 17.9 Å². The molecule has 2 aromatic rings. The average Bonchev–Trinajstić information content (AvgIpc) is 2.77. The summed E-state index contributed by atoms with van der Waals surface area (Å²) in [4.78, 5) is 11.9. The molecule has 0 aliphatic heterocycles. The van der Waals surface area contributed by atoms with Crippen LogP contribution in [-0.4, -0.2) is 17.6 Å². The third-order valence-electron chi connectivity index (χ3n) is 2.97. The van der Waals surface area contributed by atoms with Crippen LogP contribution < -0.4 is 5.73 Å². The highest BCUT2D eigenvalue weighted by Gasteiger charge is 2.22. The number of aromatic nitrogens is 1. The maximum absolute atomic E-state index is 11.9. The van der Waals surface area contributed by atoms with Crippen LogP contribution in [0.5, 0.6) is 0 Å². The van der Waals surface area contributed by atoms with Crippen molar-refractivity contribution in [2.75, 3.05) is 12.8 Å². The van der Waals surface area contributed by atoms with Crippen LogP contribution in [-0.2, 0) is 4.74 Å². The van der Waals surface area contributed by atoms with Gasteiger partial charge in [-0.1, -0.05) is 17.7 Å². The number of nitrogens with two attached hydrogens (primary N) is 1. The Hall–Kier alpha value is -2.45. The van der Waals surface area contributed by atoms with Gasteiger partial charge < -0.3 is 15.0 Å². The second-order valence-electron chi connectivity index (χ2n) is 4.21. The second-order valence-corrected chi connectivity index (χ2v) is 4.65. The zero-order valence-electron chi connectivity index (χ0n) is 11.0. The number of hydrogen-bond acceptors (Lipinski definition) is 4. The summed E-state index contributed by atoms with van der Waals surface area (Å²) < 4.78 is 6.25. The number of nitrogens with zero attached hydrogens (tertiary/aromatic N) is 2. The lowest BCUT2D eigenvalue weighted by molar-refractivity contribution is 0.0593. The smallest absolute Gasteiger partial charge is 0.357 e. The molecule has 0 bridgehead atoms. The van der Waals surface area contributed by atoms with Crippen molar-refractivity contribution in [3.8, 4) is 11.8 Å². The minimum absolute atomic E-state index is 0.0960. The van der Waals surface area contributed by atoms with E-state index in [1.807, 2.05) is 19.1 Å². The molecule has 0 saturated heterocycles.